The van der Waals surface area contributed by atoms with Crippen molar-refractivity contribution in [1.29, 1.82) is 0 Å². The van der Waals surface area contributed by atoms with Crippen molar-refractivity contribution < 1.29 is 29.3 Å². The summed E-state index contributed by atoms with van der Waals surface area (Å²) >= 11 is 0. The SMILES string of the molecule is CC1=C(C)C(=O)O[C@@H]([C@@H](C)[C@H]2[C@@H](O)C[C@H]3[C@@H]4C[C@H]5O[C@]56[C@@H](O)C=CC(=O)[C@]6(C)[C@H]4CC[C@]23C)C1. The number of rotatable bonds is 2. The highest BCUT2D eigenvalue weighted by molar-refractivity contribution is 5.98. The molecule has 2 heterocycles. The number of carbonyl (C=O) groups is 2. The molecule has 0 aromatic rings. The van der Waals surface area contributed by atoms with Crippen LogP contribution < -0.4 is 0 Å². The molecule has 0 unspecified atom stereocenters. The maximum atomic E-state index is 13.3. The summed E-state index contributed by atoms with van der Waals surface area (Å²) in [5.41, 5.74) is 0.208. The van der Waals surface area contributed by atoms with Crippen LogP contribution in [0.15, 0.2) is 23.3 Å². The molecule has 2 aliphatic heterocycles. The summed E-state index contributed by atoms with van der Waals surface area (Å²) in [5, 5.41) is 22.3. The van der Waals surface area contributed by atoms with Crippen LogP contribution in [-0.2, 0) is 19.1 Å². The second kappa shape index (κ2) is 7.04. The Balaban J connectivity index is 1.31. The Labute approximate surface area is 201 Å². The number of aliphatic hydroxyl groups is 2. The number of epoxide rings is 1. The van der Waals surface area contributed by atoms with Crippen LogP contribution in [0, 0.1) is 40.4 Å². The quantitative estimate of drug-likeness (QED) is 0.475. The zero-order valence-corrected chi connectivity index (χ0v) is 20.9. The number of ether oxygens (including phenoxy) is 2. The molecule has 6 nitrogen and oxygen atoms in total. The van der Waals surface area contributed by atoms with Gasteiger partial charge in [0, 0.05) is 12.0 Å². The lowest BCUT2D eigenvalue weighted by molar-refractivity contribution is -0.156. The summed E-state index contributed by atoms with van der Waals surface area (Å²) in [4.78, 5) is 25.7. The third-order valence-electron chi connectivity index (χ3n) is 11.6. The van der Waals surface area contributed by atoms with E-state index in [9.17, 15) is 19.8 Å². The average Bonchev–Trinajstić information content (AvgIpc) is 3.45. The first-order chi connectivity index (χ1) is 16.0. The van der Waals surface area contributed by atoms with E-state index in [2.05, 4.69) is 13.8 Å². The lowest BCUT2D eigenvalue weighted by Gasteiger charge is -2.58. The molecule has 6 aliphatic rings. The molecule has 34 heavy (non-hydrogen) atoms. The Bertz CT molecular complexity index is 1010. The fourth-order valence-corrected chi connectivity index (χ4v) is 9.61. The summed E-state index contributed by atoms with van der Waals surface area (Å²) in [5.74, 6) is 0.618. The van der Waals surface area contributed by atoms with Crippen molar-refractivity contribution in [3.63, 3.8) is 0 Å². The molecule has 6 heteroatoms. The number of ketones is 1. The van der Waals surface area contributed by atoms with E-state index in [0.717, 1.165) is 31.3 Å². The van der Waals surface area contributed by atoms with Gasteiger partial charge in [0.25, 0.3) is 0 Å². The van der Waals surface area contributed by atoms with E-state index in [1.807, 2.05) is 20.8 Å². The van der Waals surface area contributed by atoms with Crippen molar-refractivity contribution in [3.8, 4) is 0 Å². The average molecular weight is 471 g/mol. The van der Waals surface area contributed by atoms with Gasteiger partial charge in [-0.3, -0.25) is 4.79 Å². The number of hydrogen-bond donors (Lipinski definition) is 2. The first kappa shape index (κ1) is 22.9. The van der Waals surface area contributed by atoms with Gasteiger partial charge in [0.2, 0.25) is 0 Å². The Morgan fingerprint density at radius 1 is 1.12 bits per heavy atom. The molecule has 186 valence electrons. The van der Waals surface area contributed by atoms with E-state index in [4.69, 9.17) is 9.47 Å². The maximum absolute atomic E-state index is 13.3. The molecule has 0 aromatic heterocycles. The zero-order valence-electron chi connectivity index (χ0n) is 20.9. The number of hydrogen-bond acceptors (Lipinski definition) is 6. The van der Waals surface area contributed by atoms with Gasteiger partial charge in [-0.1, -0.05) is 19.4 Å². The molecule has 4 aliphatic carbocycles. The van der Waals surface area contributed by atoms with Crippen molar-refractivity contribution in [2.45, 2.75) is 96.7 Å². The highest BCUT2D eigenvalue weighted by Crippen LogP contribution is 2.73. The van der Waals surface area contributed by atoms with E-state index in [1.54, 1.807) is 12.2 Å². The molecular formula is C28H38O6. The largest absolute Gasteiger partial charge is 0.458 e. The number of allylic oxidation sites excluding steroid dienone is 1. The van der Waals surface area contributed by atoms with Gasteiger partial charge in [-0.05, 0) is 93.6 Å². The van der Waals surface area contributed by atoms with Crippen LogP contribution in [0.2, 0.25) is 0 Å². The van der Waals surface area contributed by atoms with E-state index in [-0.39, 0.29) is 59.0 Å². The van der Waals surface area contributed by atoms with Gasteiger partial charge in [0.05, 0.1) is 17.6 Å². The molecule has 12 atom stereocenters. The molecule has 1 spiro atoms. The predicted molar refractivity (Wildman–Crippen MR) is 124 cm³/mol. The molecule has 0 bridgehead atoms. The zero-order chi connectivity index (χ0) is 24.4. The molecule has 0 amide bonds. The minimum atomic E-state index is -0.768. The lowest BCUT2D eigenvalue weighted by atomic mass is 9.44. The summed E-state index contributed by atoms with van der Waals surface area (Å²) in [6.07, 6.45) is 5.74. The number of aliphatic hydroxyl groups excluding tert-OH is 2. The van der Waals surface area contributed by atoms with E-state index in [1.165, 1.54) is 0 Å². The van der Waals surface area contributed by atoms with E-state index in [0.29, 0.717) is 12.0 Å². The van der Waals surface area contributed by atoms with Gasteiger partial charge in [-0.2, -0.15) is 0 Å². The molecule has 0 radical (unpaired) electrons. The fraction of sp³-hybridized carbons (Fsp3) is 0.786. The lowest BCUT2D eigenvalue weighted by Crippen LogP contribution is -2.63. The van der Waals surface area contributed by atoms with Crippen LogP contribution in [-0.4, -0.2) is 52.0 Å². The summed E-state index contributed by atoms with van der Waals surface area (Å²) in [6, 6.07) is 0. The molecule has 3 saturated carbocycles. The summed E-state index contributed by atoms with van der Waals surface area (Å²) < 4.78 is 12.1. The van der Waals surface area contributed by atoms with Gasteiger partial charge in [-0.15, -0.1) is 0 Å². The standard InChI is InChI=1S/C28H38O6/c1-13-10-20(33-25(32)14(13)2)15(3)24-19(29)12-18-16-11-23-28(34-23)22(31)7-6-21(30)27(28,5)17(16)8-9-26(18,24)4/h6-7,15-20,22-24,29,31H,8-12H2,1-5H3/t15-,16-,17+,18+,19+,20-,22+,23-,24+,26+,27+,28-/m1/s1. The van der Waals surface area contributed by atoms with Crippen LogP contribution in [0.3, 0.4) is 0 Å². The fourth-order valence-electron chi connectivity index (χ4n) is 9.61. The highest BCUT2D eigenvalue weighted by Gasteiger charge is 2.80. The molecule has 4 fully saturated rings. The minimum Gasteiger partial charge on any atom is -0.458 e. The van der Waals surface area contributed by atoms with Crippen molar-refractivity contribution in [2.75, 3.05) is 0 Å². The van der Waals surface area contributed by atoms with Crippen LogP contribution in [0.1, 0.15) is 66.7 Å². The molecule has 2 N–H and O–H groups in total. The first-order valence-electron chi connectivity index (χ1n) is 13.1. The molecule has 6 rings (SSSR count). The second-order valence-electron chi connectivity index (χ2n) is 12.7. The van der Waals surface area contributed by atoms with Crippen molar-refractivity contribution in [1.82, 2.24) is 0 Å². The van der Waals surface area contributed by atoms with E-state index >= 15 is 0 Å². The molecular weight excluding hydrogens is 432 g/mol. The van der Waals surface area contributed by atoms with Crippen LogP contribution in [0.25, 0.3) is 0 Å². The highest BCUT2D eigenvalue weighted by atomic mass is 16.6. The molecule has 1 saturated heterocycles. The van der Waals surface area contributed by atoms with Crippen molar-refractivity contribution in [3.05, 3.63) is 23.3 Å². The van der Waals surface area contributed by atoms with Crippen LogP contribution in [0.5, 0.6) is 0 Å². The van der Waals surface area contributed by atoms with E-state index < -0.39 is 23.2 Å². The predicted octanol–water partition coefficient (Wildman–Crippen LogP) is 3.35. The minimum absolute atomic E-state index is 0.0367. The number of esters is 1. The van der Waals surface area contributed by atoms with Gasteiger partial charge >= 0.3 is 5.97 Å². The Morgan fingerprint density at radius 3 is 2.56 bits per heavy atom. The maximum Gasteiger partial charge on any atom is 0.333 e. The van der Waals surface area contributed by atoms with Gasteiger partial charge < -0.3 is 19.7 Å². The van der Waals surface area contributed by atoms with Crippen molar-refractivity contribution >= 4 is 11.8 Å². The number of fused-ring (bicyclic) bond motifs is 4. The van der Waals surface area contributed by atoms with Gasteiger partial charge in [0.1, 0.15) is 17.8 Å². The smallest absolute Gasteiger partial charge is 0.333 e. The topological polar surface area (TPSA) is 96.4 Å². The Morgan fingerprint density at radius 2 is 1.85 bits per heavy atom. The monoisotopic (exact) mass is 470 g/mol. The number of cyclic esters (lactones) is 1. The van der Waals surface area contributed by atoms with Crippen molar-refractivity contribution in [2.24, 2.45) is 40.4 Å². The second-order valence-corrected chi connectivity index (χ2v) is 12.7. The summed E-state index contributed by atoms with van der Waals surface area (Å²) in [7, 11) is 0. The van der Waals surface area contributed by atoms with Gasteiger partial charge in [-0.25, -0.2) is 4.79 Å². The van der Waals surface area contributed by atoms with Gasteiger partial charge in [0.15, 0.2) is 5.78 Å². The van der Waals surface area contributed by atoms with Crippen LogP contribution in [0.4, 0.5) is 0 Å². The number of carbonyl (C=O) groups excluding carboxylic acids is 2. The van der Waals surface area contributed by atoms with Crippen LogP contribution >= 0.6 is 0 Å². The molecule has 0 aromatic carbocycles. The first-order valence-corrected chi connectivity index (χ1v) is 13.1. The Hall–Kier alpha value is -1.50. The third kappa shape index (κ3) is 2.58. The normalized spacial score (nSPS) is 54.6. The Kier molecular flexibility index (Phi) is 4.75. The third-order valence-corrected chi connectivity index (χ3v) is 11.6. The summed E-state index contributed by atoms with van der Waals surface area (Å²) in [6.45, 7) is 10.3.